The highest BCUT2D eigenvalue weighted by Crippen LogP contribution is 2.26. The maximum Gasteiger partial charge on any atom is 0.228 e. The normalized spacial score (nSPS) is 15.5. The molecule has 0 bridgehead atoms. The van der Waals surface area contributed by atoms with Crippen LogP contribution >= 0.6 is 11.3 Å². The van der Waals surface area contributed by atoms with Gasteiger partial charge in [-0.3, -0.25) is 4.79 Å². The summed E-state index contributed by atoms with van der Waals surface area (Å²) >= 11 is 1.58. The van der Waals surface area contributed by atoms with Gasteiger partial charge in [-0.2, -0.15) is 0 Å². The Balaban J connectivity index is 1.61. The Morgan fingerprint density at radius 1 is 1.21 bits per heavy atom. The second-order valence-corrected chi connectivity index (χ2v) is 6.82. The van der Waals surface area contributed by atoms with Gasteiger partial charge in [-0.25, -0.2) is 4.98 Å². The van der Waals surface area contributed by atoms with Crippen LogP contribution < -0.4 is 4.74 Å². The maximum absolute atomic E-state index is 12.4. The molecule has 6 heteroatoms. The van der Waals surface area contributed by atoms with Crippen molar-refractivity contribution in [2.75, 3.05) is 39.8 Å². The predicted molar refractivity (Wildman–Crippen MR) is 96.5 cm³/mol. The average molecular weight is 345 g/mol. The lowest BCUT2D eigenvalue weighted by Crippen LogP contribution is -2.47. The van der Waals surface area contributed by atoms with Crippen molar-refractivity contribution in [3.63, 3.8) is 0 Å². The topological polar surface area (TPSA) is 45.7 Å². The van der Waals surface area contributed by atoms with Gasteiger partial charge in [-0.1, -0.05) is 0 Å². The molecule has 5 nitrogen and oxygen atoms in total. The van der Waals surface area contributed by atoms with E-state index in [-0.39, 0.29) is 5.91 Å². The molecule has 0 atom stereocenters. The monoisotopic (exact) mass is 345 g/mol. The number of carbonyl (C=O) groups excluding carboxylic acids is 1. The fourth-order valence-electron chi connectivity index (χ4n) is 2.70. The molecule has 1 aromatic heterocycles. The van der Waals surface area contributed by atoms with Crippen molar-refractivity contribution in [3.8, 4) is 16.3 Å². The number of nitrogens with zero attached hydrogens (tertiary/aromatic N) is 3. The average Bonchev–Trinajstić information content (AvgIpc) is 3.05. The predicted octanol–water partition coefficient (Wildman–Crippen LogP) is 2.53. The molecule has 1 aliphatic heterocycles. The first-order valence-electron chi connectivity index (χ1n) is 8.29. The highest BCUT2D eigenvalue weighted by atomic mass is 32.1. The molecule has 24 heavy (non-hydrogen) atoms. The summed E-state index contributed by atoms with van der Waals surface area (Å²) in [7, 11) is 2.09. The van der Waals surface area contributed by atoms with E-state index < -0.39 is 0 Å². The molecule has 1 saturated heterocycles. The number of hydrogen-bond acceptors (Lipinski definition) is 5. The van der Waals surface area contributed by atoms with Gasteiger partial charge in [0.25, 0.3) is 0 Å². The summed E-state index contributed by atoms with van der Waals surface area (Å²) in [5.41, 5.74) is 1.91. The van der Waals surface area contributed by atoms with E-state index in [0.29, 0.717) is 13.0 Å². The Bertz CT molecular complexity index is 676. The third kappa shape index (κ3) is 4.13. The van der Waals surface area contributed by atoms with E-state index in [1.807, 2.05) is 41.5 Å². The van der Waals surface area contributed by atoms with Gasteiger partial charge >= 0.3 is 0 Å². The number of piperazine rings is 1. The zero-order valence-electron chi connectivity index (χ0n) is 14.2. The van der Waals surface area contributed by atoms with E-state index in [1.54, 1.807) is 11.3 Å². The van der Waals surface area contributed by atoms with Crippen LogP contribution in [0.15, 0.2) is 29.6 Å². The van der Waals surface area contributed by atoms with Gasteiger partial charge in [0.2, 0.25) is 5.91 Å². The second-order valence-electron chi connectivity index (χ2n) is 5.96. The smallest absolute Gasteiger partial charge is 0.228 e. The first-order valence-corrected chi connectivity index (χ1v) is 9.17. The Labute approximate surface area is 146 Å². The van der Waals surface area contributed by atoms with E-state index in [9.17, 15) is 4.79 Å². The number of amides is 1. The molecule has 0 radical (unpaired) electrons. The highest BCUT2D eigenvalue weighted by Gasteiger charge is 2.20. The zero-order valence-corrected chi connectivity index (χ0v) is 15.0. The van der Waals surface area contributed by atoms with Gasteiger partial charge in [-0.05, 0) is 38.2 Å². The van der Waals surface area contributed by atoms with Gasteiger partial charge in [0.05, 0.1) is 18.7 Å². The first kappa shape index (κ1) is 16.9. The Hall–Kier alpha value is -1.92. The third-order valence-electron chi connectivity index (χ3n) is 4.15. The van der Waals surface area contributed by atoms with Crippen LogP contribution in [0.5, 0.6) is 5.75 Å². The van der Waals surface area contributed by atoms with Gasteiger partial charge in [0, 0.05) is 37.1 Å². The molecule has 128 valence electrons. The molecule has 1 fully saturated rings. The van der Waals surface area contributed by atoms with Crippen LogP contribution in [-0.2, 0) is 11.2 Å². The van der Waals surface area contributed by atoms with Crippen molar-refractivity contribution < 1.29 is 9.53 Å². The molecule has 1 aromatic carbocycles. The van der Waals surface area contributed by atoms with Crippen molar-refractivity contribution >= 4 is 17.2 Å². The third-order valence-corrected chi connectivity index (χ3v) is 5.09. The van der Waals surface area contributed by atoms with Crippen LogP contribution in [0.1, 0.15) is 12.6 Å². The van der Waals surface area contributed by atoms with Gasteiger partial charge in [-0.15, -0.1) is 11.3 Å². The number of ether oxygens (including phenoxy) is 1. The van der Waals surface area contributed by atoms with Crippen molar-refractivity contribution in [3.05, 3.63) is 35.3 Å². The van der Waals surface area contributed by atoms with Crippen molar-refractivity contribution in [2.24, 2.45) is 0 Å². The molecule has 2 aromatic rings. The van der Waals surface area contributed by atoms with Crippen LogP contribution in [-0.4, -0.2) is 60.5 Å². The lowest BCUT2D eigenvalue weighted by atomic mass is 10.2. The minimum absolute atomic E-state index is 0.173. The molecule has 0 saturated carbocycles. The SMILES string of the molecule is CCOc1ccc(-c2nc(CC(=O)N3CCN(C)CC3)cs2)cc1. The van der Waals surface area contributed by atoms with E-state index in [2.05, 4.69) is 16.9 Å². The Morgan fingerprint density at radius 2 is 1.92 bits per heavy atom. The lowest BCUT2D eigenvalue weighted by Gasteiger charge is -2.32. The van der Waals surface area contributed by atoms with Gasteiger partial charge in [0.15, 0.2) is 0 Å². The standard InChI is InChI=1S/C18H23N3O2S/c1-3-23-16-6-4-14(5-7-16)18-19-15(13-24-18)12-17(22)21-10-8-20(2)9-11-21/h4-7,13H,3,8-12H2,1-2H3. The number of hydrogen-bond donors (Lipinski definition) is 0. The fourth-order valence-corrected chi connectivity index (χ4v) is 3.53. The quantitative estimate of drug-likeness (QED) is 0.835. The van der Waals surface area contributed by atoms with Crippen molar-refractivity contribution in [2.45, 2.75) is 13.3 Å². The molecule has 0 spiro atoms. The number of aromatic nitrogens is 1. The van der Waals surface area contributed by atoms with Crippen molar-refractivity contribution in [1.29, 1.82) is 0 Å². The van der Waals surface area contributed by atoms with E-state index in [1.165, 1.54) is 0 Å². The van der Waals surface area contributed by atoms with Crippen molar-refractivity contribution in [1.82, 2.24) is 14.8 Å². The van der Waals surface area contributed by atoms with E-state index in [0.717, 1.165) is 48.2 Å². The summed E-state index contributed by atoms with van der Waals surface area (Å²) in [5, 5.41) is 2.93. The number of thiazole rings is 1. The number of carbonyl (C=O) groups is 1. The molecule has 0 unspecified atom stereocenters. The summed E-state index contributed by atoms with van der Waals surface area (Å²) in [6.45, 7) is 6.14. The van der Waals surface area contributed by atoms with Gasteiger partial charge < -0.3 is 14.5 Å². The van der Waals surface area contributed by atoms with Crippen LogP contribution in [0, 0.1) is 0 Å². The number of rotatable bonds is 5. The molecule has 2 heterocycles. The summed E-state index contributed by atoms with van der Waals surface area (Å²) in [6, 6.07) is 7.93. The molecule has 1 amide bonds. The molecule has 0 N–H and O–H groups in total. The second kappa shape index (κ2) is 7.77. The van der Waals surface area contributed by atoms with Crippen LogP contribution in [0.25, 0.3) is 10.6 Å². The maximum atomic E-state index is 12.4. The largest absolute Gasteiger partial charge is 0.494 e. The van der Waals surface area contributed by atoms with E-state index >= 15 is 0 Å². The lowest BCUT2D eigenvalue weighted by molar-refractivity contribution is -0.132. The zero-order chi connectivity index (χ0) is 16.9. The van der Waals surface area contributed by atoms with Gasteiger partial charge in [0.1, 0.15) is 10.8 Å². The highest BCUT2D eigenvalue weighted by molar-refractivity contribution is 7.13. The van der Waals surface area contributed by atoms with E-state index in [4.69, 9.17) is 4.74 Å². The molecule has 3 rings (SSSR count). The van der Waals surface area contributed by atoms with Crippen LogP contribution in [0.3, 0.4) is 0 Å². The Morgan fingerprint density at radius 3 is 2.58 bits per heavy atom. The molecular formula is C18H23N3O2S. The summed E-state index contributed by atoms with van der Waals surface area (Å²) in [4.78, 5) is 21.2. The summed E-state index contributed by atoms with van der Waals surface area (Å²) in [5.74, 6) is 1.04. The van der Waals surface area contributed by atoms with Crippen LogP contribution in [0.2, 0.25) is 0 Å². The summed E-state index contributed by atoms with van der Waals surface area (Å²) < 4.78 is 5.46. The van der Waals surface area contributed by atoms with Crippen LogP contribution in [0.4, 0.5) is 0 Å². The first-order chi connectivity index (χ1) is 11.7. The number of benzene rings is 1. The summed E-state index contributed by atoms with van der Waals surface area (Å²) in [6.07, 6.45) is 0.386. The number of likely N-dealkylation sites (N-methyl/N-ethyl adjacent to an activating group) is 1. The minimum Gasteiger partial charge on any atom is -0.494 e. The molecular weight excluding hydrogens is 322 g/mol. The minimum atomic E-state index is 0.173. The molecule has 0 aliphatic carbocycles. The molecule has 1 aliphatic rings. The fraction of sp³-hybridized carbons (Fsp3) is 0.444. The Kier molecular flexibility index (Phi) is 5.48.